The van der Waals surface area contributed by atoms with E-state index in [1.165, 1.54) is 16.4 Å². The third kappa shape index (κ3) is 3.83. The van der Waals surface area contributed by atoms with Crippen LogP contribution in [0.25, 0.3) is 11.3 Å². The van der Waals surface area contributed by atoms with Crippen LogP contribution in [0.3, 0.4) is 0 Å². The molecule has 0 aliphatic carbocycles. The first-order chi connectivity index (χ1) is 14.9. The van der Waals surface area contributed by atoms with E-state index < -0.39 is 10.0 Å². The van der Waals surface area contributed by atoms with E-state index in [-0.39, 0.29) is 42.5 Å². The van der Waals surface area contributed by atoms with Gasteiger partial charge in [0.15, 0.2) is 0 Å². The van der Waals surface area contributed by atoms with Gasteiger partial charge >= 0.3 is 0 Å². The number of nitrogens with zero attached hydrogens (tertiary/aromatic N) is 4. The Hall–Kier alpha value is -3.48. The van der Waals surface area contributed by atoms with Gasteiger partial charge in [-0.25, -0.2) is 8.42 Å². The molecule has 1 aliphatic rings. The third-order valence-electron chi connectivity index (χ3n) is 5.28. The minimum absolute atomic E-state index is 0.0153. The van der Waals surface area contributed by atoms with E-state index in [0.29, 0.717) is 17.0 Å². The van der Waals surface area contributed by atoms with Crippen molar-refractivity contribution in [1.82, 2.24) is 14.4 Å². The molecule has 158 valence electrons. The SMILES string of the molecule is Cc1onc(-c2ccccc2)c1C(=O)N1CCN(S(=O)(=O)c2ccccc2C#N)CC1. The fraction of sp³-hybridized carbons (Fsp3) is 0.227. The lowest BCUT2D eigenvalue weighted by molar-refractivity contribution is 0.0696. The zero-order valence-electron chi connectivity index (χ0n) is 16.9. The molecule has 0 saturated carbocycles. The number of benzene rings is 2. The highest BCUT2D eigenvalue weighted by Gasteiger charge is 2.33. The van der Waals surface area contributed by atoms with Gasteiger partial charge < -0.3 is 9.42 Å². The molecule has 0 spiro atoms. The topological polar surface area (TPSA) is 108 Å². The molecule has 8 nitrogen and oxygen atoms in total. The lowest BCUT2D eigenvalue weighted by Gasteiger charge is -2.34. The van der Waals surface area contributed by atoms with Crippen LogP contribution in [0, 0.1) is 18.3 Å². The van der Waals surface area contributed by atoms with Crippen LogP contribution in [0.1, 0.15) is 21.7 Å². The molecule has 1 aromatic heterocycles. The Morgan fingerprint density at radius 3 is 2.35 bits per heavy atom. The normalized spacial score (nSPS) is 14.9. The number of sulfonamides is 1. The van der Waals surface area contributed by atoms with Crippen LogP contribution in [-0.2, 0) is 10.0 Å². The van der Waals surface area contributed by atoms with Crippen molar-refractivity contribution in [3.63, 3.8) is 0 Å². The van der Waals surface area contributed by atoms with Gasteiger partial charge in [0.1, 0.15) is 23.1 Å². The van der Waals surface area contributed by atoms with Crippen LogP contribution in [0.15, 0.2) is 64.0 Å². The quantitative estimate of drug-likeness (QED) is 0.622. The number of hydrogen-bond acceptors (Lipinski definition) is 6. The fourth-order valence-electron chi connectivity index (χ4n) is 3.63. The summed E-state index contributed by atoms with van der Waals surface area (Å²) in [6.45, 7) is 2.42. The zero-order chi connectivity index (χ0) is 22.0. The number of carbonyl (C=O) groups excluding carboxylic acids is 1. The molecule has 0 atom stereocenters. The molecular weight excluding hydrogens is 416 g/mol. The van der Waals surface area contributed by atoms with Crippen molar-refractivity contribution in [2.45, 2.75) is 11.8 Å². The predicted molar refractivity (Wildman–Crippen MR) is 112 cm³/mol. The molecule has 1 aliphatic heterocycles. The molecule has 1 fully saturated rings. The van der Waals surface area contributed by atoms with Crippen LogP contribution in [0.5, 0.6) is 0 Å². The number of amides is 1. The predicted octanol–water partition coefficient (Wildman–Crippen LogP) is 2.67. The van der Waals surface area contributed by atoms with E-state index >= 15 is 0 Å². The number of carbonyl (C=O) groups is 1. The molecule has 2 aromatic carbocycles. The van der Waals surface area contributed by atoms with Crippen LogP contribution < -0.4 is 0 Å². The van der Waals surface area contributed by atoms with Crippen molar-refractivity contribution in [3.8, 4) is 17.3 Å². The summed E-state index contributed by atoms with van der Waals surface area (Å²) in [6, 6.07) is 17.3. The van der Waals surface area contributed by atoms with Crippen LogP contribution in [-0.4, -0.2) is 54.9 Å². The second-order valence-electron chi connectivity index (χ2n) is 7.13. The maximum Gasteiger partial charge on any atom is 0.259 e. The highest BCUT2D eigenvalue weighted by atomic mass is 32.2. The Morgan fingerprint density at radius 1 is 1.03 bits per heavy atom. The molecule has 9 heteroatoms. The molecule has 0 bridgehead atoms. The van der Waals surface area contributed by atoms with Crippen molar-refractivity contribution >= 4 is 15.9 Å². The average Bonchev–Trinajstić information content (AvgIpc) is 3.20. The Kier molecular flexibility index (Phi) is 5.59. The molecule has 3 aromatic rings. The smallest absolute Gasteiger partial charge is 0.259 e. The lowest BCUT2D eigenvalue weighted by Crippen LogP contribution is -2.50. The molecule has 1 amide bonds. The van der Waals surface area contributed by atoms with E-state index in [4.69, 9.17) is 4.52 Å². The largest absolute Gasteiger partial charge is 0.360 e. The molecule has 2 heterocycles. The first-order valence-electron chi connectivity index (χ1n) is 9.73. The fourth-order valence-corrected chi connectivity index (χ4v) is 5.19. The average molecular weight is 436 g/mol. The van der Waals surface area contributed by atoms with Crippen molar-refractivity contribution in [2.24, 2.45) is 0 Å². The van der Waals surface area contributed by atoms with E-state index in [0.717, 1.165) is 5.56 Å². The monoisotopic (exact) mass is 436 g/mol. The number of hydrogen-bond donors (Lipinski definition) is 0. The van der Waals surface area contributed by atoms with E-state index in [9.17, 15) is 18.5 Å². The number of rotatable bonds is 4. The zero-order valence-corrected chi connectivity index (χ0v) is 17.7. The second-order valence-corrected chi connectivity index (χ2v) is 9.04. The minimum atomic E-state index is -3.83. The van der Waals surface area contributed by atoms with E-state index in [1.807, 2.05) is 36.4 Å². The van der Waals surface area contributed by atoms with Gasteiger partial charge in [-0.3, -0.25) is 4.79 Å². The van der Waals surface area contributed by atoms with Gasteiger partial charge in [0, 0.05) is 31.7 Å². The standard InChI is InChI=1S/C22H20N4O4S/c1-16-20(21(24-30-16)17-7-3-2-4-8-17)22(27)25-11-13-26(14-12-25)31(28,29)19-10-6-5-9-18(19)15-23/h2-10H,11-14H2,1H3. The summed E-state index contributed by atoms with van der Waals surface area (Å²) < 4.78 is 32.6. The summed E-state index contributed by atoms with van der Waals surface area (Å²) in [7, 11) is -3.83. The van der Waals surface area contributed by atoms with Crippen molar-refractivity contribution < 1.29 is 17.7 Å². The summed E-state index contributed by atoms with van der Waals surface area (Å²) in [5.74, 6) is 0.175. The van der Waals surface area contributed by atoms with Gasteiger partial charge in [-0.2, -0.15) is 9.57 Å². The van der Waals surface area contributed by atoms with Gasteiger partial charge in [0.2, 0.25) is 10.0 Å². The number of aromatic nitrogens is 1. The number of nitriles is 1. The van der Waals surface area contributed by atoms with Crippen LogP contribution >= 0.6 is 0 Å². The Morgan fingerprint density at radius 2 is 1.68 bits per heavy atom. The van der Waals surface area contributed by atoms with Gasteiger partial charge in [0.05, 0.1) is 10.5 Å². The summed E-state index contributed by atoms with van der Waals surface area (Å²) >= 11 is 0. The Labute approximate surface area is 180 Å². The highest BCUT2D eigenvalue weighted by molar-refractivity contribution is 7.89. The molecule has 4 rings (SSSR count). The summed E-state index contributed by atoms with van der Waals surface area (Å²) in [5, 5.41) is 13.3. The highest BCUT2D eigenvalue weighted by Crippen LogP contribution is 2.27. The molecule has 0 N–H and O–H groups in total. The van der Waals surface area contributed by atoms with E-state index in [2.05, 4.69) is 5.16 Å². The molecule has 0 radical (unpaired) electrons. The maximum atomic E-state index is 13.2. The van der Waals surface area contributed by atoms with Crippen molar-refractivity contribution in [2.75, 3.05) is 26.2 Å². The maximum absolute atomic E-state index is 13.2. The Bertz CT molecular complexity index is 1250. The van der Waals surface area contributed by atoms with Crippen molar-refractivity contribution in [3.05, 3.63) is 71.5 Å². The molecular formula is C22H20N4O4S. The molecule has 0 unspecified atom stereocenters. The number of aryl methyl sites for hydroxylation is 1. The summed E-state index contributed by atoms with van der Waals surface area (Å²) in [5.41, 5.74) is 1.74. The lowest BCUT2D eigenvalue weighted by atomic mass is 10.0. The van der Waals surface area contributed by atoms with Crippen LogP contribution in [0.2, 0.25) is 0 Å². The van der Waals surface area contributed by atoms with Gasteiger partial charge in [-0.15, -0.1) is 0 Å². The van der Waals surface area contributed by atoms with Gasteiger partial charge in [-0.1, -0.05) is 47.6 Å². The third-order valence-corrected chi connectivity index (χ3v) is 7.23. The minimum Gasteiger partial charge on any atom is -0.360 e. The van der Waals surface area contributed by atoms with E-state index in [1.54, 1.807) is 24.0 Å². The van der Waals surface area contributed by atoms with Crippen molar-refractivity contribution in [1.29, 1.82) is 5.26 Å². The number of piperazine rings is 1. The summed E-state index contributed by atoms with van der Waals surface area (Å²) in [4.78, 5) is 14.8. The Balaban J connectivity index is 1.53. The first-order valence-corrected chi connectivity index (χ1v) is 11.2. The second kappa shape index (κ2) is 8.34. The molecule has 1 saturated heterocycles. The van der Waals surface area contributed by atoms with Crippen LogP contribution in [0.4, 0.5) is 0 Å². The molecule has 31 heavy (non-hydrogen) atoms. The first kappa shape index (κ1) is 20.8. The van der Waals surface area contributed by atoms with Gasteiger partial charge in [0.25, 0.3) is 5.91 Å². The van der Waals surface area contributed by atoms with Gasteiger partial charge in [-0.05, 0) is 19.1 Å². The summed E-state index contributed by atoms with van der Waals surface area (Å²) in [6.07, 6.45) is 0.